The van der Waals surface area contributed by atoms with Crippen molar-refractivity contribution in [1.29, 1.82) is 0 Å². The van der Waals surface area contributed by atoms with Gasteiger partial charge in [-0.15, -0.1) is 0 Å². The Labute approximate surface area is 188 Å². The monoisotopic (exact) mass is 432 g/mol. The van der Waals surface area contributed by atoms with Gasteiger partial charge in [-0.1, -0.05) is 39.0 Å². The third-order valence-electron chi connectivity index (χ3n) is 8.60. The van der Waals surface area contributed by atoms with E-state index in [-0.39, 0.29) is 17.6 Å². The highest BCUT2D eigenvalue weighted by Gasteiger charge is 2.38. The van der Waals surface area contributed by atoms with E-state index in [9.17, 15) is 0 Å². The van der Waals surface area contributed by atoms with Gasteiger partial charge < -0.3 is 4.74 Å². The van der Waals surface area contributed by atoms with Gasteiger partial charge in [0.1, 0.15) is 11.6 Å². The van der Waals surface area contributed by atoms with Crippen LogP contribution in [0.1, 0.15) is 114 Å². The van der Waals surface area contributed by atoms with Crippen LogP contribution in [0.2, 0.25) is 0 Å². The van der Waals surface area contributed by atoms with Gasteiger partial charge in [-0.25, -0.2) is 8.78 Å². The minimum Gasteiger partial charge on any atom is -0.378 e. The molecule has 1 aromatic carbocycles. The van der Waals surface area contributed by atoms with Crippen LogP contribution in [0.25, 0.3) is 0 Å². The average Bonchev–Trinajstić information content (AvgIpc) is 2.77. The van der Waals surface area contributed by atoms with Crippen molar-refractivity contribution in [2.45, 2.75) is 116 Å². The van der Waals surface area contributed by atoms with E-state index in [1.807, 2.05) is 0 Å². The minimum absolute atomic E-state index is 0.0574. The summed E-state index contributed by atoms with van der Waals surface area (Å²) in [6.45, 7) is 5.09. The van der Waals surface area contributed by atoms with Crippen LogP contribution in [-0.2, 0) is 17.6 Å². The molecule has 0 aliphatic heterocycles. The van der Waals surface area contributed by atoms with Gasteiger partial charge in [0.25, 0.3) is 0 Å². The lowest BCUT2D eigenvalue weighted by atomic mass is 9.65. The fourth-order valence-corrected chi connectivity index (χ4v) is 6.92. The van der Waals surface area contributed by atoms with E-state index < -0.39 is 0 Å². The highest BCUT2D eigenvalue weighted by molar-refractivity contribution is 5.39. The minimum atomic E-state index is -0.269. The normalized spacial score (nSPS) is 30.6. The van der Waals surface area contributed by atoms with Crippen molar-refractivity contribution in [2.24, 2.45) is 17.8 Å². The lowest BCUT2D eigenvalue weighted by Crippen LogP contribution is -2.34. The van der Waals surface area contributed by atoms with Crippen molar-refractivity contribution < 1.29 is 13.5 Å². The van der Waals surface area contributed by atoms with Gasteiger partial charge in [0.2, 0.25) is 0 Å². The molecule has 0 bridgehead atoms. The summed E-state index contributed by atoms with van der Waals surface area (Å²) >= 11 is 0. The van der Waals surface area contributed by atoms with E-state index in [1.54, 1.807) is 6.07 Å². The standard InChI is InChI=1S/C28H42F2O/c1-3-5-6-7-8-19-9-14-25-23(15-19)18-26(29)27(28(25)30)22-11-10-21-17-24(31-4-2)13-12-20(21)16-22/h18-22,24H,3-17H2,1-2H3. The fraction of sp³-hybridized carbons (Fsp3) is 0.786. The zero-order valence-corrected chi connectivity index (χ0v) is 19.7. The molecule has 0 heterocycles. The molecule has 174 valence electrons. The van der Waals surface area contributed by atoms with Crippen LogP contribution in [0.15, 0.2) is 6.07 Å². The van der Waals surface area contributed by atoms with Gasteiger partial charge in [0.15, 0.2) is 0 Å². The Balaban J connectivity index is 1.42. The third kappa shape index (κ3) is 5.34. The molecule has 0 spiro atoms. The van der Waals surface area contributed by atoms with E-state index in [2.05, 4.69) is 13.8 Å². The molecule has 3 aliphatic carbocycles. The Hall–Kier alpha value is -0.960. The first kappa shape index (κ1) is 23.2. The van der Waals surface area contributed by atoms with E-state index in [0.717, 1.165) is 75.5 Å². The predicted molar refractivity (Wildman–Crippen MR) is 123 cm³/mol. The second-order valence-electron chi connectivity index (χ2n) is 10.6. The number of hydrogen-bond acceptors (Lipinski definition) is 1. The van der Waals surface area contributed by atoms with Gasteiger partial charge in [-0.3, -0.25) is 0 Å². The van der Waals surface area contributed by atoms with Gasteiger partial charge in [0.05, 0.1) is 6.10 Å². The molecule has 1 nitrogen and oxygen atoms in total. The molecule has 31 heavy (non-hydrogen) atoms. The van der Waals surface area contributed by atoms with Crippen molar-refractivity contribution >= 4 is 0 Å². The molecular formula is C28H42F2O. The van der Waals surface area contributed by atoms with E-state index in [0.29, 0.717) is 29.4 Å². The highest BCUT2D eigenvalue weighted by atomic mass is 19.1. The quantitative estimate of drug-likeness (QED) is 0.377. The SMILES string of the molecule is CCCCCCC1CCc2c(cc(F)c(C3CCC4CC(OCC)CCC4C3)c2F)C1. The molecular weight excluding hydrogens is 390 g/mol. The molecule has 0 N–H and O–H groups in total. The molecule has 0 saturated heterocycles. The molecule has 5 atom stereocenters. The molecule has 4 rings (SSSR count). The average molecular weight is 433 g/mol. The Morgan fingerprint density at radius 1 is 0.935 bits per heavy atom. The van der Waals surface area contributed by atoms with Crippen LogP contribution < -0.4 is 0 Å². The molecule has 2 saturated carbocycles. The van der Waals surface area contributed by atoms with Crippen molar-refractivity contribution in [3.63, 3.8) is 0 Å². The number of rotatable bonds is 8. The molecule has 5 unspecified atom stereocenters. The molecule has 0 radical (unpaired) electrons. The Kier molecular flexibility index (Phi) is 8.06. The largest absolute Gasteiger partial charge is 0.378 e. The fourth-order valence-electron chi connectivity index (χ4n) is 6.92. The Morgan fingerprint density at radius 2 is 1.74 bits per heavy atom. The zero-order valence-electron chi connectivity index (χ0n) is 19.7. The number of hydrogen-bond donors (Lipinski definition) is 0. The molecule has 3 aliphatic rings. The first-order valence-electron chi connectivity index (χ1n) is 13.2. The van der Waals surface area contributed by atoms with Gasteiger partial charge in [-0.2, -0.15) is 0 Å². The maximum absolute atomic E-state index is 15.6. The molecule has 0 aromatic heterocycles. The summed E-state index contributed by atoms with van der Waals surface area (Å²) < 4.78 is 36.7. The Morgan fingerprint density at radius 3 is 2.55 bits per heavy atom. The van der Waals surface area contributed by atoms with Crippen molar-refractivity contribution in [3.05, 3.63) is 34.4 Å². The summed E-state index contributed by atoms with van der Waals surface area (Å²) in [5.74, 6) is 1.49. The lowest BCUT2D eigenvalue weighted by molar-refractivity contribution is -0.00984. The van der Waals surface area contributed by atoms with Crippen LogP contribution in [-0.4, -0.2) is 12.7 Å². The second kappa shape index (κ2) is 10.8. The van der Waals surface area contributed by atoms with Crippen LogP contribution in [0.4, 0.5) is 8.78 Å². The smallest absolute Gasteiger partial charge is 0.133 e. The number of halogens is 2. The first-order valence-corrected chi connectivity index (χ1v) is 13.2. The summed E-state index contributed by atoms with van der Waals surface area (Å²) in [7, 11) is 0. The maximum Gasteiger partial charge on any atom is 0.133 e. The van der Waals surface area contributed by atoms with Crippen LogP contribution in [0.5, 0.6) is 0 Å². The zero-order chi connectivity index (χ0) is 21.8. The molecule has 1 aromatic rings. The van der Waals surface area contributed by atoms with E-state index in [4.69, 9.17) is 4.74 Å². The molecule has 0 amide bonds. The van der Waals surface area contributed by atoms with Gasteiger partial charge in [0, 0.05) is 12.2 Å². The van der Waals surface area contributed by atoms with Crippen molar-refractivity contribution in [2.75, 3.05) is 6.61 Å². The number of benzene rings is 1. The summed E-state index contributed by atoms with van der Waals surface area (Å²) in [4.78, 5) is 0. The van der Waals surface area contributed by atoms with Crippen LogP contribution in [0, 0.1) is 29.4 Å². The number of ether oxygens (including phenoxy) is 1. The number of fused-ring (bicyclic) bond motifs is 2. The first-order chi connectivity index (χ1) is 15.1. The second-order valence-corrected chi connectivity index (χ2v) is 10.6. The van der Waals surface area contributed by atoms with Crippen molar-refractivity contribution in [3.8, 4) is 0 Å². The lowest BCUT2D eigenvalue weighted by Gasteiger charge is -2.42. The van der Waals surface area contributed by atoms with Gasteiger partial charge >= 0.3 is 0 Å². The predicted octanol–water partition coefficient (Wildman–Crippen LogP) is 8.13. The van der Waals surface area contributed by atoms with Gasteiger partial charge in [-0.05, 0) is 106 Å². The summed E-state index contributed by atoms with van der Waals surface area (Å²) in [6.07, 6.45) is 15.8. The summed E-state index contributed by atoms with van der Waals surface area (Å²) in [6, 6.07) is 1.71. The van der Waals surface area contributed by atoms with E-state index in [1.165, 1.54) is 32.1 Å². The summed E-state index contributed by atoms with van der Waals surface area (Å²) in [5, 5.41) is 0. The topological polar surface area (TPSA) is 9.23 Å². The third-order valence-corrected chi connectivity index (χ3v) is 8.60. The van der Waals surface area contributed by atoms with Crippen LogP contribution in [0.3, 0.4) is 0 Å². The summed E-state index contributed by atoms with van der Waals surface area (Å²) in [5.41, 5.74) is 2.21. The Bertz CT molecular complexity index is 730. The maximum atomic E-state index is 15.6. The van der Waals surface area contributed by atoms with Crippen LogP contribution >= 0.6 is 0 Å². The van der Waals surface area contributed by atoms with E-state index >= 15 is 8.78 Å². The van der Waals surface area contributed by atoms with Crippen molar-refractivity contribution in [1.82, 2.24) is 0 Å². The highest BCUT2D eigenvalue weighted by Crippen LogP contribution is 2.48. The molecule has 3 heteroatoms. The number of unbranched alkanes of at least 4 members (excludes halogenated alkanes) is 3. The molecule has 2 fully saturated rings.